The highest BCUT2D eigenvalue weighted by Crippen LogP contribution is 2.58. The van der Waals surface area contributed by atoms with Gasteiger partial charge in [-0.05, 0) is 63.5 Å². The van der Waals surface area contributed by atoms with Gasteiger partial charge in [0.1, 0.15) is 0 Å². The molecule has 2 saturated heterocycles. The van der Waals surface area contributed by atoms with Crippen molar-refractivity contribution < 1.29 is 9.53 Å². The summed E-state index contributed by atoms with van der Waals surface area (Å²) >= 11 is 0. The van der Waals surface area contributed by atoms with Crippen LogP contribution in [0.3, 0.4) is 0 Å². The number of amides is 1. The van der Waals surface area contributed by atoms with Crippen LogP contribution in [-0.2, 0) is 9.53 Å². The van der Waals surface area contributed by atoms with E-state index in [1.807, 2.05) is 6.92 Å². The monoisotopic (exact) mass is 337 g/mol. The highest BCUT2D eigenvalue weighted by molar-refractivity contribution is 5.83. The van der Waals surface area contributed by atoms with Gasteiger partial charge in [-0.2, -0.15) is 0 Å². The first-order chi connectivity index (χ1) is 11.6. The smallest absolute Gasteiger partial charge is 0.223 e. The number of carbonyl (C=O) groups is 1. The van der Waals surface area contributed by atoms with E-state index in [1.165, 1.54) is 12.8 Å². The number of hydrogen-bond donors (Lipinski definition) is 2. The summed E-state index contributed by atoms with van der Waals surface area (Å²) in [5, 5.41) is 6.80. The molecule has 3 unspecified atom stereocenters. The van der Waals surface area contributed by atoms with Crippen molar-refractivity contribution in [1.29, 1.82) is 0 Å². The minimum absolute atomic E-state index is 0.288. The quantitative estimate of drug-likeness (QED) is 0.694. The van der Waals surface area contributed by atoms with Gasteiger partial charge in [-0.3, -0.25) is 4.79 Å². The van der Waals surface area contributed by atoms with E-state index in [0.29, 0.717) is 23.3 Å². The molecule has 5 nitrogen and oxygen atoms in total. The molecule has 3 aliphatic rings. The number of carbonyl (C=O) groups excluding carboxylic acids is 1. The van der Waals surface area contributed by atoms with Gasteiger partial charge >= 0.3 is 0 Å². The molecular weight excluding hydrogens is 302 g/mol. The second-order valence-corrected chi connectivity index (χ2v) is 8.10. The summed E-state index contributed by atoms with van der Waals surface area (Å²) in [6.07, 6.45) is 5.67. The van der Waals surface area contributed by atoms with Gasteiger partial charge in [-0.1, -0.05) is 6.92 Å². The SMILES string of the molecule is CCOCCCN1CCC(NC(=O)C2CC23CCNCC3)C(C)C1. The summed E-state index contributed by atoms with van der Waals surface area (Å²) in [5.74, 6) is 1.16. The fourth-order valence-electron chi connectivity index (χ4n) is 4.66. The Labute approximate surface area is 146 Å². The Morgan fingerprint density at radius 1 is 1.38 bits per heavy atom. The lowest BCUT2D eigenvalue weighted by atomic mass is 9.90. The summed E-state index contributed by atoms with van der Waals surface area (Å²) in [5.41, 5.74) is 0.346. The maximum absolute atomic E-state index is 12.7. The molecule has 2 aliphatic heterocycles. The van der Waals surface area contributed by atoms with Crippen molar-refractivity contribution in [2.75, 3.05) is 45.9 Å². The van der Waals surface area contributed by atoms with E-state index in [4.69, 9.17) is 4.74 Å². The van der Waals surface area contributed by atoms with Crippen molar-refractivity contribution in [2.24, 2.45) is 17.3 Å². The Morgan fingerprint density at radius 3 is 2.88 bits per heavy atom. The van der Waals surface area contributed by atoms with E-state index in [1.54, 1.807) is 0 Å². The molecule has 138 valence electrons. The topological polar surface area (TPSA) is 53.6 Å². The van der Waals surface area contributed by atoms with Crippen LogP contribution in [0.25, 0.3) is 0 Å². The van der Waals surface area contributed by atoms with E-state index in [-0.39, 0.29) is 5.92 Å². The van der Waals surface area contributed by atoms with Crippen molar-refractivity contribution in [3.8, 4) is 0 Å². The van der Waals surface area contributed by atoms with E-state index < -0.39 is 0 Å². The third kappa shape index (κ3) is 4.30. The van der Waals surface area contributed by atoms with Crippen molar-refractivity contribution >= 4 is 5.91 Å². The Balaban J connectivity index is 1.38. The maximum atomic E-state index is 12.7. The summed E-state index contributed by atoms with van der Waals surface area (Å²) in [6.45, 7) is 11.5. The van der Waals surface area contributed by atoms with Crippen molar-refractivity contribution in [3.63, 3.8) is 0 Å². The Morgan fingerprint density at radius 2 is 2.17 bits per heavy atom. The first-order valence-electron chi connectivity index (χ1n) is 9.96. The minimum Gasteiger partial charge on any atom is -0.382 e. The predicted molar refractivity (Wildman–Crippen MR) is 95.9 cm³/mol. The second kappa shape index (κ2) is 8.15. The molecule has 3 atom stereocenters. The van der Waals surface area contributed by atoms with Crippen LogP contribution >= 0.6 is 0 Å². The Bertz CT molecular complexity index is 423. The minimum atomic E-state index is 0.288. The number of hydrogen-bond acceptors (Lipinski definition) is 4. The standard InChI is InChI=1S/C19H35N3O2/c1-3-24-12-4-10-22-11-5-17(15(2)14-22)21-18(23)16-13-19(16)6-8-20-9-7-19/h15-17,20H,3-14H2,1-2H3,(H,21,23). The number of piperidine rings is 2. The molecule has 0 aromatic rings. The van der Waals surface area contributed by atoms with E-state index in [0.717, 1.165) is 65.2 Å². The third-order valence-electron chi connectivity index (χ3n) is 6.39. The van der Waals surface area contributed by atoms with Crippen LogP contribution < -0.4 is 10.6 Å². The van der Waals surface area contributed by atoms with Gasteiger partial charge in [0.05, 0.1) is 0 Å². The lowest BCUT2D eigenvalue weighted by Crippen LogP contribution is -2.51. The predicted octanol–water partition coefficient (Wildman–Crippen LogP) is 1.63. The molecule has 3 fully saturated rings. The zero-order chi connectivity index (χ0) is 17.0. The molecule has 0 aromatic heterocycles. The van der Waals surface area contributed by atoms with Crippen LogP contribution in [0.2, 0.25) is 0 Å². The van der Waals surface area contributed by atoms with Crippen molar-refractivity contribution in [3.05, 3.63) is 0 Å². The molecule has 1 amide bonds. The summed E-state index contributed by atoms with van der Waals surface area (Å²) in [4.78, 5) is 15.2. The number of nitrogens with zero attached hydrogens (tertiary/aromatic N) is 1. The highest BCUT2D eigenvalue weighted by Gasteiger charge is 2.57. The molecule has 1 aliphatic carbocycles. The molecule has 5 heteroatoms. The molecule has 2 heterocycles. The lowest BCUT2D eigenvalue weighted by Gasteiger charge is -2.37. The largest absolute Gasteiger partial charge is 0.382 e. The Kier molecular flexibility index (Phi) is 6.17. The van der Waals surface area contributed by atoms with E-state index in [2.05, 4.69) is 22.5 Å². The van der Waals surface area contributed by atoms with Gasteiger partial charge in [0.2, 0.25) is 5.91 Å². The normalized spacial score (nSPS) is 32.7. The number of rotatable bonds is 7. The number of ether oxygens (including phenoxy) is 1. The number of nitrogens with one attached hydrogen (secondary N) is 2. The summed E-state index contributed by atoms with van der Waals surface area (Å²) in [6, 6.07) is 0.361. The molecule has 24 heavy (non-hydrogen) atoms. The van der Waals surface area contributed by atoms with Crippen LogP contribution in [0, 0.1) is 17.3 Å². The Hall–Kier alpha value is -0.650. The van der Waals surface area contributed by atoms with Crippen molar-refractivity contribution in [1.82, 2.24) is 15.5 Å². The van der Waals surface area contributed by atoms with Crippen LogP contribution in [0.1, 0.15) is 46.0 Å². The average molecular weight is 338 g/mol. The van der Waals surface area contributed by atoms with Crippen LogP contribution in [-0.4, -0.2) is 62.8 Å². The molecule has 2 N–H and O–H groups in total. The lowest BCUT2D eigenvalue weighted by molar-refractivity contribution is -0.124. The average Bonchev–Trinajstić information content (AvgIpc) is 3.28. The van der Waals surface area contributed by atoms with E-state index in [9.17, 15) is 4.79 Å². The zero-order valence-corrected chi connectivity index (χ0v) is 15.5. The first kappa shape index (κ1) is 18.2. The second-order valence-electron chi connectivity index (χ2n) is 8.10. The molecule has 1 saturated carbocycles. The van der Waals surface area contributed by atoms with Gasteiger partial charge in [-0.25, -0.2) is 0 Å². The van der Waals surface area contributed by atoms with E-state index >= 15 is 0 Å². The van der Waals surface area contributed by atoms with Crippen LogP contribution in [0.4, 0.5) is 0 Å². The van der Waals surface area contributed by atoms with Gasteiger partial charge in [-0.15, -0.1) is 0 Å². The van der Waals surface area contributed by atoms with Crippen molar-refractivity contribution in [2.45, 2.75) is 52.0 Å². The fourth-order valence-corrected chi connectivity index (χ4v) is 4.66. The number of likely N-dealkylation sites (tertiary alicyclic amines) is 1. The highest BCUT2D eigenvalue weighted by atomic mass is 16.5. The fraction of sp³-hybridized carbons (Fsp3) is 0.947. The molecule has 1 spiro atoms. The van der Waals surface area contributed by atoms with Crippen LogP contribution in [0.15, 0.2) is 0 Å². The third-order valence-corrected chi connectivity index (χ3v) is 6.39. The molecule has 3 rings (SSSR count). The maximum Gasteiger partial charge on any atom is 0.223 e. The molecule has 0 radical (unpaired) electrons. The summed E-state index contributed by atoms with van der Waals surface area (Å²) < 4.78 is 5.43. The summed E-state index contributed by atoms with van der Waals surface area (Å²) in [7, 11) is 0. The van der Waals surface area contributed by atoms with Gasteiger partial charge < -0.3 is 20.3 Å². The van der Waals surface area contributed by atoms with Crippen LogP contribution in [0.5, 0.6) is 0 Å². The van der Waals surface area contributed by atoms with Gasteiger partial charge in [0, 0.05) is 44.8 Å². The molecule has 0 aromatic carbocycles. The molecular formula is C19H35N3O2. The van der Waals surface area contributed by atoms with Gasteiger partial charge in [0.15, 0.2) is 0 Å². The molecule has 0 bridgehead atoms. The van der Waals surface area contributed by atoms with Gasteiger partial charge in [0.25, 0.3) is 0 Å². The first-order valence-corrected chi connectivity index (χ1v) is 9.96. The zero-order valence-electron chi connectivity index (χ0n) is 15.5.